The van der Waals surface area contributed by atoms with Gasteiger partial charge in [0.15, 0.2) is 0 Å². The Balaban J connectivity index is 1.35. The number of rotatable bonds is 14. The predicted octanol–water partition coefficient (Wildman–Crippen LogP) is 5.22. The summed E-state index contributed by atoms with van der Waals surface area (Å²) in [7, 11) is -1.99. The van der Waals surface area contributed by atoms with E-state index in [2.05, 4.69) is 25.6 Å². The molecule has 4 aromatic rings. The Labute approximate surface area is 256 Å². The standard InChI is InChI=1S/C31H34N6O6S/c1-5-41-28(38)12-8-18-42-26-10-6-11-27(19-26)43-25-15-13-24(14-16-25)35-31-34-20-22(2)29(36-31)33-21-23-9-7-17-32-30(23)37(3)44(4,39)40/h6-17,19-20H,5,18,21H2,1-4H3,(H2,33,34,35,36)/b12-8+. The van der Waals surface area contributed by atoms with E-state index in [1.54, 1.807) is 43.6 Å². The number of aryl methyl sites for hydroxylation is 1. The van der Waals surface area contributed by atoms with E-state index in [0.29, 0.717) is 53.5 Å². The number of nitrogens with one attached hydrogen (secondary N) is 2. The van der Waals surface area contributed by atoms with Crippen molar-refractivity contribution >= 4 is 39.3 Å². The molecule has 2 N–H and O–H groups in total. The fourth-order valence-electron chi connectivity index (χ4n) is 3.85. The molecular formula is C31H34N6O6S. The zero-order valence-electron chi connectivity index (χ0n) is 24.9. The van der Waals surface area contributed by atoms with Gasteiger partial charge in [-0.1, -0.05) is 12.1 Å². The Morgan fingerprint density at radius 3 is 2.55 bits per heavy atom. The molecule has 13 heteroatoms. The van der Waals surface area contributed by atoms with Crippen molar-refractivity contribution in [2.24, 2.45) is 0 Å². The molecule has 0 aliphatic rings. The SMILES string of the molecule is CCOC(=O)/C=C/COc1cccc(Oc2ccc(Nc3ncc(C)c(NCc4cccnc4N(C)S(C)(=O)=O)n3)cc2)c1. The van der Waals surface area contributed by atoms with E-state index in [4.69, 9.17) is 14.2 Å². The number of hydrogen-bond acceptors (Lipinski definition) is 11. The van der Waals surface area contributed by atoms with Crippen LogP contribution in [0.4, 0.5) is 23.3 Å². The number of nitrogens with zero attached hydrogens (tertiary/aromatic N) is 4. The molecule has 0 bridgehead atoms. The van der Waals surface area contributed by atoms with Gasteiger partial charge in [0, 0.05) is 54.9 Å². The number of esters is 1. The normalized spacial score (nSPS) is 11.2. The van der Waals surface area contributed by atoms with Crippen LogP contribution < -0.4 is 24.4 Å². The number of pyridine rings is 1. The Hall–Kier alpha value is -5.17. The molecule has 0 amide bonds. The maximum Gasteiger partial charge on any atom is 0.330 e. The Kier molecular flexibility index (Phi) is 10.7. The highest BCUT2D eigenvalue weighted by atomic mass is 32.2. The third-order valence-corrected chi connectivity index (χ3v) is 7.29. The van der Waals surface area contributed by atoms with Gasteiger partial charge in [-0.3, -0.25) is 4.31 Å². The van der Waals surface area contributed by atoms with Crippen LogP contribution >= 0.6 is 0 Å². The van der Waals surface area contributed by atoms with Crippen molar-refractivity contribution in [1.29, 1.82) is 0 Å². The maximum absolute atomic E-state index is 12.0. The number of hydrogen-bond donors (Lipinski definition) is 2. The number of carbonyl (C=O) groups excluding carboxylic acids is 1. The second kappa shape index (κ2) is 14.8. The van der Waals surface area contributed by atoms with Crippen LogP contribution in [0.1, 0.15) is 18.1 Å². The van der Waals surface area contributed by atoms with Gasteiger partial charge in [-0.2, -0.15) is 4.98 Å². The van der Waals surface area contributed by atoms with Gasteiger partial charge < -0.3 is 24.8 Å². The summed E-state index contributed by atoms with van der Waals surface area (Å²) in [5.41, 5.74) is 2.27. The lowest BCUT2D eigenvalue weighted by Crippen LogP contribution is -2.27. The summed E-state index contributed by atoms with van der Waals surface area (Å²) in [6, 6.07) is 18.1. The van der Waals surface area contributed by atoms with Crippen molar-refractivity contribution in [3.63, 3.8) is 0 Å². The fourth-order valence-corrected chi connectivity index (χ4v) is 4.33. The van der Waals surface area contributed by atoms with Crippen LogP contribution in [0.2, 0.25) is 0 Å². The highest BCUT2D eigenvalue weighted by molar-refractivity contribution is 7.92. The molecule has 2 aromatic heterocycles. The van der Waals surface area contributed by atoms with Crippen molar-refractivity contribution in [2.75, 3.05) is 41.5 Å². The van der Waals surface area contributed by atoms with E-state index in [1.807, 2.05) is 49.4 Å². The van der Waals surface area contributed by atoms with Gasteiger partial charge in [-0.25, -0.2) is 23.2 Å². The zero-order valence-corrected chi connectivity index (χ0v) is 25.7. The molecule has 4 rings (SSSR count). The fraction of sp³-hybridized carbons (Fsp3) is 0.226. The first-order valence-corrected chi connectivity index (χ1v) is 15.5. The number of anilines is 4. The molecule has 0 aliphatic heterocycles. The third kappa shape index (κ3) is 9.16. The maximum atomic E-state index is 12.0. The van der Waals surface area contributed by atoms with E-state index in [1.165, 1.54) is 13.1 Å². The number of aromatic nitrogens is 3. The number of benzene rings is 2. The summed E-state index contributed by atoms with van der Waals surface area (Å²) >= 11 is 0. The highest BCUT2D eigenvalue weighted by Crippen LogP contribution is 2.27. The van der Waals surface area contributed by atoms with Crippen LogP contribution in [0.3, 0.4) is 0 Å². The molecule has 0 saturated carbocycles. The van der Waals surface area contributed by atoms with Crippen molar-refractivity contribution in [3.8, 4) is 17.2 Å². The number of carbonyl (C=O) groups is 1. The van der Waals surface area contributed by atoms with Gasteiger partial charge in [0.05, 0.1) is 12.9 Å². The van der Waals surface area contributed by atoms with Crippen LogP contribution in [-0.4, -0.2) is 55.9 Å². The summed E-state index contributed by atoms with van der Waals surface area (Å²) in [4.78, 5) is 24.6. The van der Waals surface area contributed by atoms with E-state index < -0.39 is 16.0 Å². The van der Waals surface area contributed by atoms with Crippen molar-refractivity contribution < 1.29 is 27.4 Å². The summed E-state index contributed by atoms with van der Waals surface area (Å²) in [6.07, 6.45) is 7.31. The summed E-state index contributed by atoms with van der Waals surface area (Å²) in [6.45, 7) is 4.47. The van der Waals surface area contributed by atoms with Gasteiger partial charge in [-0.15, -0.1) is 0 Å². The van der Waals surface area contributed by atoms with Crippen LogP contribution in [0.25, 0.3) is 0 Å². The minimum Gasteiger partial charge on any atom is -0.489 e. The number of sulfonamides is 1. The molecule has 0 saturated heterocycles. The molecule has 0 fully saturated rings. The smallest absolute Gasteiger partial charge is 0.330 e. The highest BCUT2D eigenvalue weighted by Gasteiger charge is 2.17. The first-order chi connectivity index (χ1) is 21.1. The van der Waals surface area contributed by atoms with Crippen LogP contribution in [0.15, 0.2) is 85.2 Å². The van der Waals surface area contributed by atoms with Gasteiger partial charge in [-0.05, 0) is 62.4 Å². The molecule has 44 heavy (non-hydrogen) atoms. The molecule has 2 heterocycles. The van der Waals surface area contributed by atoms with Crippen molar-refractivity contribution in [3.05, 3.63) is 96.3 Å². The second-order valence-corrected chi connectivity index (χ2v) is 11.5. The zero-order chi connectivity index (χ0) is 31.5. The topological polar surface area (TPSA) is 145 Å². The van der Waals surface area contributed by atoms with Crippen molar-refractivity contribution in [1.82, 2.24) is 15.0 Å². The largest absolute Gasteiger partial charge is 0.489 e. The molecule has 0 radical (unpaired) electrons. The van der Waals surface area contributed by atoms with Crippen LogP contribution in [0, 0.1) is 6.92 Å². The lowest BCUT2D eigenvalue weighted by Gasteiger charge is -2.19. The average molecular weight is 619 g/mol. The number of ether oxygens (including phenoxy) is 3. The van der Waals surface area contributed by atoms with E-state index in [9.17, 15) is 13.2 Å². The predicted molar refractivity (Wildman–Crippen MR) is 169 cm³/mol. The summed E-state index contributed by atoms with van der Waals surface area (Å²) in [5.74, 6) is 2.72. The van der Waals surface area contributed by atoms with Gasteiger partial charge in [0.1, 0.15) is 35.5 Å². The average Bonchev–Trinajstić information content (AvgIpc) is 3.00. The Morgan fingerprint density at radius 1 is 1.02 bits per heavy atom. The van der Waals surface area contributed by atoms with Crippen LogP contribution in [0.5, 0.6) is 17.2 Å². The van der Waals surface area contributed by atoms with Gasteiger partial charge >= 0.3 is 5.97 Å². The second-order valence-electron chi connectivity index (χ2n) is 9.49. The van der Waals surface area contributed by atoms with Crippen LogP contribution in [-0.2, 0) is 26.1 Å². The van der Waals surface area contributed by atoms with Gasteiger partial charge in [0.2, 0.25) is 16.0 Å². The molecule has 230 valence electrons. The Bertz CT molecular complexity index is 1710. The molecule has 2 aromatic carbocycles. The molecule has 0 atom stereocenters. The summed E-state index contributed by atoms with van der Waals surface area (Å²) < 4.78 is 41.7. The van der Waals surface area contributed by atoms with Crippen molar-refractivity contribution in [2.45, 2.75) is 20.4 Å². The van der Waals surface area contributed by atoms with E-state index in [-0.39, 0.29) is 6.61 Å². The third-order valence-electron chi connectivity index (χ3n) is 6.12. The first kappa shape index (κ1) is 31.8. The molecule has 0 spiro atoms. The monoisotopic (exact) mass is 618 g/mol. The first-order valence-electron chi connectivity index (χ1n) is 13.7. The molecular weight excluding hydrogens is 584 g/mol. The van der Waals surface area contributed by atoms with E-state index >= 15 is 0 Å². The Morgan fingerprint density at radius 2 is 1.80 bits per heavy atom. The molecule has 12 nitrogen and oxygen atoms in total. The van der Waals surface area contributed by atoms with Gasteiger partial charge in [0.25, 0.3) is 0 Å². The minimum atomic E-state index is -3.46. The molecule has 0 aliphatic carbocycles. The lowest BCUT2D eigenvalue weighted by molar-refractivity contribution is -0.137. The summed E-state index contributed by atoms with van der Waals surface area (Å²) in [5, 5.41) is 6.45. The molecule has 0 unspecified atom stereocenters. The lowest BCUT2D eigenvalue weighted by atomic mass is 10.2. The quantitative estimate of drug-likeness (QED) is 0.142. The minimum absolute atomic E-state index is 0.214. The van der Waals surface area contributed by atoms with E-state index in [0.717, 1.165) is 21.8 Å².